The van der Waals surface area contributed by atoms with Gasteiger partial charge >= 0.3 is 0 Å². The fourth-order valence-corrected chi connectivity index (χ4v) is 3.05. The van der Waals surface area contributed by atoms with Crippen LogP contribution in [0.3, 0.4) is 0 Å². The molecule has 1 aromatic carbocycles. The van der Waals surface area contributed by atoms with Gasteiger partial charge in [-0.3, -0.25) is 4.79 Å². The molecule has 0 radical (unpaired) electrons. The molecule has 0 aromatic heterocycles. The van der Waals surface area contributed by atoms with E-state index in [-0.39, 0.29) is 5.91 Å². The fourth-order valence-electron chi connectivity index (χ4n) is 3.05. The molecule has 3 nitrogen and oxygen atoms in total. The molecule has 0 saturated heterocycles. The summed E-state index contributed by atoms with van der Waals surface area (Å²) < 4.78 is 0. The highest BCUT2D eigenvalue weighted by Crippen LogP contribution is 2.30. The molecule has 0 heterocycles. The summed E-state index contributed by atoms with van der Waals surface area (Å²) in [6.45, 7) is 3.00. The molecule has 3 heteroatoms. The summed E-state index contributed by atoms with van der Waals surface area (Å²) in [4.78, 5) is 12.1. The Morgan fingerprint density at radius 3 is 2.57 bits per heavy atom. The van der Waals surface area contributed by atoms with E-state index in [0.717, 1.165) is 23.8 Å². The fraction of sp³-hybridized carbons (Fsp3) is 0.556. The molecule has 1 aliphatic carbocycles. The van der Waals surface area contributed by atoms with Crippen molar-refractivity contribution in [3.05, 3.63) is 35.9 Å². The SMILES string of the molecule is CC1CCC(CCNC(=O)C(C#N)c2ccccc2)CC1. The molecule has 1 aromatic rings. The van der Waals surface area contributed by atoms with Crippen LogP contribution in [-0.2, 0) is 4.79 Å². The molecule has 2 rings (SSSR count). The molecule has 1 atom stereocenters. The Balaban J connectivity index is 1.77. The van der Waals surface area contributed by atoms with Crippen molar-refractivity contribution in [2.24, 2.45) is 11.8 Å². The van der Waals surface area contributed by atoms with E-state index < -0.39 is 5.92 Å². The van der Waals surface area contributed by atoms with Gasteiger partial charge < -0.3 is 5.32 Å². The van der Waals surface area contributed by atoms with Crippen LogP contribution in [0.25, 0.3) is 0 Å². The van der Waals surface area contributed by atoms with Gasteiger partial charge in [-0.1, -0.05) is 62.9 Å². The molecule has 0 bridgehead atoms. The van der Waals surface area contributed by atoms with Gasteiger partial charge in [0.2, 0.25) is 5.91 Å². The summed E-state index contributed by atoms with van der Waals surface area (Å²) in [5.74, 6) is 0.723. The maximum absolute atomic E-state index is 12.1. The Morgan fingerprint density at radius 2 is 1.95 bits per heavy atom. The molecular weight excluding hydrogens is 260 g/mol. The highest BCUT2D eigenvalue weighted by atomic mass is 16.1. The average molecular weight is 284 g/mol. The van der Waals surface area contributed by atoms with Crippen LogP contribution in [0.15, 0.2) is 30.3 Å². The van der Waals surface area contributed by atoms with E-state index in [9.17, 15) is 10.1 Å². The van der Waals surface area contributed by atoms with Crippen LogP contribution < -0.4 is 5.32 Å². The van der Waals surface area contributed by atoms with Crippen LogP contribution >= 0.6 is 0 Å². The predicted octanol–water partition coefficient (Wildman–Crippen LogP) is 3.63. The third-order valence-electron chi connectivity index (χ3n) is 4.51. The monoisotopic (exact) mass is 284 g/mol. The van der Waals surface area contributed by atoms with Crippen molar-refractivity contribution >= 4 is 5.91 Å². The standard InChI is InChI=1S/C18H24N2O/c1-14-7-9-15(10-8-14)11-12-20-18(21)17(13-19)16-5-3-2-4-6-16/h2-6,14-15,17H,7-12H2,1H3,(H,20,21). The average Bonchev–Trinajstić information content (AvgIpc) is 2.51. The molecular formula is C18H24N2O. The lowest BCUT2D eigenvalue weighted by atomic mass is 9.81. The minimum absolute atomic E-state index is 0.173. The van der Waals surface area contributed by atoms with Crippen LogP contribution in [0, 0.1) is 23.2 Å². The number of amides is 1. The Bertz CT molecular complexity index is 484. The van der Waals surface area contributed by atoms with Crippen molar-refractivity contribution < 1.29 is 4.79 Å². The molecule has 21 heavy (non-hydrogen) atoms. The number of nitriles is 1. The lowest BCUT2D eigenvalue weighted by Crippen LogP contribution is -2.31. The smallest absolute Gasteiger partial charge is 0.241 e. The second kappa shape index (κ2) is 7.83. The van der Waals surface area contributed by atoms with Crippen molar-refractivity contribution in [2.45, 2.75) is 44.9 Å². The lowest BCUT2D eigenvalue weighted by molar-refractivity contribution is -0.121. The maximum Gasteiger partial charge on any atom is 0.241 e. The van der Waals surface area contributed by atoms with Gasteiger partial charge in [0.1, 0.15) is 5.92 Å². The van der Waals surface area contributed by atoms with Crippen molar-refractivity contribution in [2.75, 3.05) is 6.54 Å². The summed E-state index contributed by atoms with van der Waals surface area (Å²) >= 11 is 0. The van der Waals surface area contributed by atoms with E-state index in [1.54, 1.807) is 0 Å². The zero-order valence-corrected chi connectivity index (χ0v) is 12.7. The van der Waals surface area contributed by atoms with Gasteiger partial charge in [0.15, 0.2) is 0 Å². The van der Waals surface area contributed by atoms with Crippen LogP contribution in [0.4, 0.5) is 0 Å². The van der Waals surface area contributed by atoms with Crippen molar-refractivity contribution in [1.29, 1.82) is 5.26 Å². The summed E-state index contributed by atoms with van der Waals surface area (Å²) in [7, 11) is 0. The van der Waals surface area contributed by atoms with Gasteiger partial charge in [0, 0.05) is 6.54 Å². The number of nitrogens with one attached hydrogen (secondary N) is 1. The second-order valence-electron chi connectivity index (χ2n) is 6.18. The molecule has 1 fully saturated rings. The van der Waals surface area contributed by atoms with Gasteiger partial charge in [-0.25, -0.2) is 0 Å². The Morgan fingerprint density at radius 1 is 1.29 bits per heavy atom. The summed E-state index contributed by atoms with van der Waals surface area (Å²) in [6, 6.07) is 11.4. The van der Waals surface area contributed by atoms with E-state index in [1.807, 2.05) is 30.3 Å². The largest absolute Gasteiger partial charge is 0.355 e. The normalized spacial score (nSPS) is 23.0. The first-order valence-electron chi connectivity index (χ1n) is 7.93. The zero-order valence-electron chi connectivity index (χ0n) is 12.7. The Kier molecular flexibility index (Phi) is 5.80. The lowest BCUT2D eigenvalue weighted by Gasteiger charge is -2.26. The van der Waals surface area contributed by atoms with Crippen molar-refractivity contribution in [3.8, 4) is 6.07 Å². The topological polar surface area (TPSA) is 52.9 Å². The molecule has 0 spiro atoms. The van der Waals surface area contributed by atoms with Crippen LogP contribution in [-0.4, -0.2) is 12.5 Å². The second-order valence-corrected chi connectivity index (χ2v) is 6.18. The highest BCUT2D eigenvalue weighted by molar-refractivity contribution is 5.86. The van der Waals surface area contributed by atoms with Gasteiger partial charge in [-0.05, 0) is 23.8 Å². The summed E-state index contributed by atoms with van der Waals surface area (Å²) in [6.07, 6.45) is 6.20. The van der Waals surface area contributed by atoms with Gasteiger partial charge in [-0.2, -0.15) is 5.26 Å². The van der Waals surface area contributed by atoms with Crippen molar-refractivity contribution in [3.63, 3.8) is 0 Å². The van der Waals surface area contributed by atoms with E-state index in [2.05, 4.69) is 18.3 Å². The van der Waals surface area contributed by atoms with Gasteiger partial charge in [0.05, 0.1) is 6.07 Å². The van der Waals surface area contributed by atoms with Gasteiger partial charge in [0.25, 0.3) is 0 Å². The molecule has 1 unspecified atom stereocenters. The van der Waals surface area contributed by atoms with Crippen LogP contribution in [0.1, 0.15) is 50.5 Å². The zero-order chi connectivity index (χ0) is 15.1. The van der Waals surface area contributed by atoms with E-state index >= 15 is 0 Å². The Hall–Kier alpha value is -1.82. The number of carbonyl (C=O) groups excluding carboxylic acids is 1. The van der Waals surface area contributed by atoms with E-state index in [1.165, 1.54) is 25.7 Å². The first kappa shape index (κ1) is 15.6. The van der Waals surface area contributed by atoms with E-state index in [0.29, 0.717) is 6.54 Å². The Labute approximate surface area is 127 Å². The third-order valence-corrected chi connectivity index (χ3v) is 4.51. The van der Waals surface area contributed by atoms with E-state index in [4.69, 9.17) is 0 Å². The highest BCUT2D eigenvalue weighted by Gasteiger charge is 2.21. The number of carbonyl (C=O) groups is 1. The molecule has 1 N–H and O–H groups in total. The predicted molar refractivity (Wildman–Crippen MR) is 83.5 cm³/mol. The number of nitrogens with zero attached hydrogens (tertiary/aromatic N) is 1. The van der Waals surface area contributed by atoms with Crippen LogP contribution in [0.5, 0.6) is 0 Å². The minimum atomic E-state index is -0.697. The van der Waals surface area contributed by atoms with Gasteiger partial charge in [-0.15, -0.1) is 0 Å². The number of hydrogen-bond donors (Lipinski definition) is 1. The molecule has 112 valence electrons. The maximum atomic E-state index is 12.1. The molecule has 1 amide bonds. The molecule has 1 aliphatic rings. The first-order valence-corrected chi connectivity index (χ1v) is 7.93. The van der Waals surface area contributed by atoms with Crippen molar-refractivity contribution in [1.82, 2.24) is 5.32 Å². The third kappa shape index (κ3) is 4.60. The first-order chi connectivity index (χ1) is 10.2. The summed E-state index contributed by atoms with van der Waals surface area (Å²) in [5.41, 5.74) is 0.768. The molecule has 1 saturated carbocycles. The number of benzene rings is 1. The number of hydrogen-bond acceptors (Lipinski definition) is 2. The molecule has 0 aliphatic heterocycles. The number of rotatable bonds is 5. The van der Waals surface area contributed by atoms with Crippen LogP contribution in [0.2, 0.25) is 0 Å². The quantitative estimate of drug-likeness (QED) is 0.897. The minimum Gasteiger partial charge on any atom is -0.355 e. The summed E-state index contributed by atoms with van der Waals surface area (Å²) in [5, 5.41) is 12.1.